The Labute approximate surface area is 127 Å². The number of aliphatic hydroxyl groups excluding tert-OH is 1. The van der Waals surface area contributed by atoms with Crippen molar-refractivity contribution in [2.45, 2.75) is 4.90 Å². The molecule has 2 aromatic heterocycles. The second-order valence-corrected chi connectivity index (χ2v) is 5.95. The second kappa shape index (κ2) is 6.78. The van der Waals surface area contributed by atoms with Crippen molar-refractivity contribution >= 4 is 37.9 Å². The lowest BCUT2D eigenvalue weighted by molar-refractivity contribution is 0.399. The summed E-state index contributed by atoms with van der Waals surface area (Å²) in [7, 11) is -0.265. The minimum absolute atomic E-state index is 0.714. The van der Waals surface area contributed by atoms with Gasteiger partial charge in [-0.05, 0) is 40.2 Å². The van der Waals surface area contributed by atoms with E-state index in [1.54, 1.807) is 16.4 Å². The predicted molar refractivity (Wildman–Crippen MR) is 83.8 cm³/mol. The third-order valence-electron chi connectivity index (χ3n) is 2.62. The molecule has 20 heavy (non-hydrogen) atoms. The fraction of sp³-hybridized carbons (Fsp3) is 0.0714. The third kappa shape index (κ3) is 2.82. The van der Waals surface area contributed by atoms with E-state index in [2.05, 4.69) is 20.9 Å². The highest BCUT2D eigenvalue weighted by Gasteiger charge is 2.11. The molecule has 0 bridgehead atoms. The topological polar surface area (TPSA) is 55.1 Å². The van der Waals surface area contributed by atoms with Crippen LogP contribution in [0.2, 0.25) is 0 Å². The van der Waals surface area contributed by atoms with Crippen LogP contribution in [0.3, 0.4) is 0 Å². The number of rotatable bonds is 2. The van der Waals surface area contributed by atoms with Gasteiger partial charge in [-0.15, -0.1) is 0 Å². The lowest BCUT2D eigenvalue weighted by atomic mass is 10.3. The Kier molecular flexibility index (Phi) is 5.05. The van der Waals surface area contributed by atoms with Crippen molar-refractivity contribution in [2.24, 2.45) is 0 Å². The van der Waals surface area contributed by atoms with Gasteiger partial charge < -0.3 is 5.11 Å². The standard InChI is InChI=1S/C13H9BrN2OS.CH4O/c14-12-6-8-15-13-11(12)7-9-16(13)18(17)10-4-2-1-3-5-10;1-2/h1-9H;2H,1H3. The average Bonchev–Trinajstić information content (AvgIpc) is 2.95. The molecule has 0 aliphatic carbocycles. The van der Waals surface area contributed by atoms with Crippen molar-refractivity contribution in [3.05, 3.63) is 59.3 Å². The summed E-state index contributed by atoms with van der Waals surface area (Å²) < 4.78 is 15.1. The number of fused-ring (bicyclic) bond motifs is 1. The molecule has 1 aromatic carbocycles. The van der Waals surface area contributed by atoms with Gasteiger partial charge in [-0.1, -0.05) is 18.2 Å². The molecule has 4 nitrogen and oxygen atoms in total. The molecule has 0 radical (unpaired) electrons. The van der Waals surface area contributed by atoms with Crippen molar-refractivity contribution in [1.82, 2.24) is 8.96 Å². The zero-order valence-corrected chi connectivity index (χ0v) is 13.1. The highest BCUT2D eigenvalue weighted by atomic mass is 79.9. The Morgan fingerprint density at radius 1 is 1.15 bits per heavy atom. The van der Waals surface area contributed by atoms with Crippen molar-refractivity contribution < 1.29 is 9.32 Å². The third-order valence-corrected chi connectivity index (χ3v) is 4.64. The molecule has 1 atom stereocenters. The normalized spacial score (nSPS) is 11.8. The number of hydrogen-bond donors (Lipinski definition) is 1. The summed E-state index contributed by atoms with van der Waals surface area (Å²) in [5.74, 6) is 0. The monoisotopic (exact) mass is 352 g/mol. The molecule has 0 fully saturated rings. The highest BCUT2D eigenvalue weighted by Crippen LogP contribution is 2.24. The molecule has 0 saturated carbocycles. The van der Waals surface area contributed by atoms with Crippen molar-refractivity contribution in [3.63, 3.8) is 0 Å². The highest BCUT2D eigenvalue weighted by molar-refractivity contribution is 9.10. The van der Waals surface area contributed by atoms with Gasteiger partial charge in [0.05, 0.1) is 4.90 Å². The number of hydrogen-bond acceptors (Lipinski definition) is 3. The van der Waals surface area contributed by atoms with E-state index in [0.717, 1.165) is 21.9 Å². The Morgan fingerprint density at radius 2 is 1.85 bits per heavy atom. The van der Waals surface area contributed by atoms with Gasteiger partial charge in [0, 0.05) is 29.4 Å². The van der Waals surface area contributed by atoms with Crippen LogP contribution >= 0.6 is 15.9 Å². The van der Waals surface area contributed by atoms with Crippen molar-refractivity contribution in [1.29, 1.82) is 0 Å². The Balaban J connectivity index is 0.000000704. The number of aromatic nitrogens is 2. The maximum atomic E-state index is 12.5. The maximum absolute atomic E-state index is 12.5. The van der Waals surface area contributed by atoms with Crippen LogP contribution in [0, 0.1) is 0 Å². The van der Waals surface area contributed by atoms with Gasteiger partial charge in [0.2, 0.25) is 0 Å². The summed E-state index contributed by atoms with van der Waals surface area (Å²) in [4.78, 5) is 5.05. The lowest BCUT2D eigenvalue weighted by Gasteiger charge is -2.04. The van der Waals surface area contributed by atoms with Gasteiger partial charge >= 0.3 is 0 Å². The summed E-state index contributed by atoms with van der Waals surface area (Å²) >= 11 is 3.46. The molecule has 1 unspecified atom stereocenters. The van der Waals surface area contributed by atoms with Gasteiger partial charge in [-0.3, -0.25) is 0 Å². The first-order chi connectivity index (χ1) is 9.77. The molecule has 6 heteroatoms. The summed E-state index contributed by atoms with van der Waals surface area (Å²) in [6.07, 6.45) is 3.50. The lowest BCUT2D eigenvalue weighted by Crippen LogP contribution is -2.03. The smallest absolute Gasteiger partial charge is 0.158 e. The Bertz CT molecular complexity index is 728. The van der Waals surface area contributed by atoms with Gasteiger partial charge in [0.15, 0.2) is 16.6 Å². The van der Waals surface area contributed by atoms with Crippen LogP contribution in [-0.4, -0.2) is 25.4 Å². The molecule has 3 aromatic rings. The average molecular weight is 353 g/mol. The number of pyridine rings is 1. The molecule has 0 aliphatic rings. The maximum Gasteiger partial charge on any atom is 0.158 e. The molecule has 0 spiro atoms. The summed E-state index contributed by atoms with van der Waals surface area (Å²) in [6, 6.07) is 13.1. The number of aliphatic hydroxyl groups is 1. The molecule has 2 heterocycles. The van der Waals surface area contributed by atoms with Crippen LogP contribution in [0.5, 0.6) is 0 Å². The van der Waals surface area contributed by atoms with Crippen molar-refractivity contribution in [2.75, 3.05) is 7.11 Å². The van der Waals surface area contributed by atoms with E-state index in [9.17, 15) is 4.21 Å². The van der Waals surface area contributed by atoms with Crippen LogP contribution in [0.4, 0.5) is 0 Å². The van der Waals surface area contributed by atoms with Gasteiger partial charge in [0.25, 0.3) is 0 Å². The minimum Gasteiger partial charge on any atom is -0.400 e. The summed E-state index contributed by atoms with van der Waals surface area (Å²) in [6.45, 7) is 0. The first kappa shape index (κ1) is 14.9. The van der Waals surface area contributed by atoms with Crippen LogP contribution in [0.15, 0.2) is 64.2 Å². The molecular formula is C14H13BrN2O2S. The SMILES string of the molecule is CO.O=S(c1ccccc1)n1ccc2c(Br)ccnc21. The van der Waals surface area contributed by atoms with E-state index in [-0.39, 0.29) is 0 Å². The molecular weight excluding hydrogens is 340 g/mol. The zero-order valence-electron chi connectivity index (χ0n) is 10.7. The van der Waals surface area contributed by atoms with Crippen LogP contribution in [-0.2, 0) is 11.0 Å². The van der Waals surface area contributed by atoms with Crippen LogP contribution in [0.25, 0.3) is 11.0 Å². The number of halogens is 1. The molecule has 1 N–H and O–H groups in total. The first-order valence-corrected chi connectivity index (χ1v) is 7.71. The van der Waals surface area contributed by atoms with Crippen molar-refractivity contribution in [3.8, 4) is 0 Å². The van der Waals surface area contributed by atoms with E-state index in [0.29, 0.717) is 5.65 Å². The molecule has 0 aliphatic heterocycles. The van der Waals surface area contributed by atoms with E-state index >= 15 is 0 Å². The van der Waals surface area contributed by atoms with Crippen LogP contribution < -0.4 is 0 Å². The molecule has 0 saturated heterocycles. The van der Waals surface area contributed by atoms with E-state index in [1.165, 1.54) is 0 Å². The minimum atomic E-state index is -1.27. The predicted octanol–water partition coefficient (Wildman–Crippen LogP) is 2.98. The van der Waals surface area contributed by atoms with E-state index in [4.69, 9.17) is 5.11 Å². The Hall–Kier alpha value is -1.50. The fourth-order valence-corrected chi connectivity index (χ4v) is 3.29. The number of nitrogens with zero attached hydrogens (tertiary/aromatic N) is 2. The Morgan fingerprint density at radius 3 is 2.55 bits per heavy atom. The van der Waals surface area contributed by atoms with Crippen LogP contribution in [0.1, 0.15) is 0 Å². The van der Waals surface area contributed by atoms with E-state index in [1.807, 2.05) is 42.5 Å². The van der Waals surface area contributed by atoms with E-state index < -0.39 is 11.0 Å². The van der Waals surface area contributed by atoms with Gasteiger partial charge in [-0.25, -0.2) is 13.2 Å². The molecule has 3 rings (SSSR count). The fourth-order valence-electron chi connectivity index (χ4n) is 1.77. The second-order valence-electron chi connectivity index (χ2n) is 3.73. The van der Waals surface area contributed by atoms with Gasteiger partial charge in [-0.2, -0.15) is 0 Å². The molecule has 104 valence electrons. The zero-order chi connectivity index (χ0) is 14.5. The first-order valence-electron chi connectivity index (χ1n) is 5.81. The molecule has 0 amide bonds. The summed E-state index contributed by atoms with van der Waals surface area (Å²) in [5.41, 5.74) is 0.714. The summed E-state index contributed by atoms with van der Waals surface area (Å²) in [5, 5.41) is 7.96. The largest absolute Gasteiger partial charge is 0.400 e. The quantitative estimate of drug-likeness (QED) is 0.771. The number of benzene rings is 1. The van der Waals surface area contributed by atoms with Gasteiger partial charge in [0.1, 0.15) is 0 Å².